The van der Waals surface area contributed by atoms with E-state index < -0.39 is 6.09 Å². The highest BCUT2D eigenvalue weighted by molar-refractivity contribution is 5.72. The number of alkyl carbamates (subject to hydrolysis) is 1. The van der Waals surface area contributed by atoms with Crippen LogP contribution in [0.1, 0.15) is 23.6 Å². The summed E-state index contributed by atoms with van der Waals surface area (Å²) < 4.78 is 10.00. The van der Waals surface area contributed by atoms with E-state index in [-0.39, 0.29) is 25.5 Å². The van der Waals surface area contributed by atoms with Gasteiger partial charge in [-0.2, -0.15) is 0 Å². The summed E-state index contributed by atoms with van der Waals surface area (Å²) in [6, 6.07) is 16.8. The molecule has 2 aromatic carbocycles. The van der Waals surface area contributed by atoms with Gasteiger partial charge in [0.1, 0.15) is 6.61 Å². The minimum absolute atomic E-state index is 0.193. The van der Waals surface area contributed by atoms with E-state index in [2.05, 4.69) is 17.2 Å². The Hall–Kier alpha value is -3.26. The number of nitrogens with one attached hydrogen (secondary N) is 1. The van der Waals surface area contributed by atoms with Crippen LogP contribution >= 0.6 is 0 Å². The fourth-order valence-electron chi connectivity index (χ4n) is 2.12. The molecule has 0 saturated carbocycles. The first-order valence-electron chi connectivity index (χ1n) is 8.35. The maximum Gasteiger partial charge on any atom is 0.408 e. The van der Waals surface area contributed by atoms with Crippen molar-refractivity contribution in [1.82, 2.24) is 5.32 Å². The van der Waals surface area contributed by atoms with E-state index >= 15 is 0 Å². The van der Waals surface area contributed by atoms with Crippen LogP contribution in [0.15, 0.2) is 54.6 Å². The highest BCUT2D eigenvalue weighted by Crippen LogP contribution is 2.05. The second kappa shape index (κ2) is 10.6. The van der Waals surface area contributed by atoms with Gasteiger partial charge in [0.25, 0.3) is 0 Å². The third-order valence-corrected chi connectivity index (χ3v) is 3.37. The van der Waals surface area contributed by atoms with Gasteiger partial charge < -0.3 is 14.8 Å². The van der Waals surface area contributed by atoms with Gasteiger partial charge in [-0.1, -0.05) is 54.3 Å². The molecule has 0 spiro atoms. The van der Waals surface area contributed by atoms with Crippen molar-refractivity contribution in [2.24, 2.45) is 0 Å². The van der Waals surface area contributed by atoms with Crippen molar-refractivity contribution in [2.45, 2.75) is 20.0 Å². The second-order valence-corrected chi connectivity index (χ2v) is 5.40. The fourth-order valence-corrected chi connectivity index (χ4v) is 2.12. The highest BCUT2D eigenvalue weighted by atomic mass is 16.5. The third-order valence-electron chi connectivity index (χ3n) is 3.37. The number of rotatable bonds is 6. The average molecular weight is 351 g/mol. The van der Waals surface area contributed by atoms with Crippen molar-refractivity contribution >= 4 is 12.1 Å². The summed E-state index contributed by atoms with van der Waals surface area (Å²) in [6.45, 7) is 2.57. The quantitative estimate of drug-likeness (QED) is 0.642. The molecule has 134 valence electrons. The van der Waals surface area contributed by atoms with Crippen molar-refractivity contribution in [3.05, 3.63) is 71.3 Å². The molecular weight excluding hydrogens is 330 g/mol. The van der Waals surface area contributed by atoms with Gasteiger partial charge in [-0.15, -0.1) is 0 Å². The van der Waals surface area contributed by atoms with Crippen molar-refractivity contribution < 1.29 is 19.1 Å². The smallest absolute Gasteiger partial charge is 0.408 e. The fraction of sp³-hybridized carbons (Fsp3) is 0.238. The third kappa shape index (κ3) is 7.10. The average Bonchev–Trinajstić information content (AvgIpc) is 2.66. The van der Waals surface area contributed by atoms with Gasteiger partial charge in [-0.3, -0.25) is 4.79 Å². The topological polar surface area (TPSA) is 64.6 Å². The van der Waals surface area contributed by atoms with Crippen LogP contribution in [-0.4, -0.2) is 25.2 Å². The molecule has 0 radical (unpaired) electrons. The van der Waals surface area contributed by atoms with E-state index in [1.165, 1.54) is 0 Å². The van der Waals surface area contributed by atoms with E-state index in [9.17, 15) is 9.59 Å². The molecule has 2 rings (SSSR count). The zero-order valence-electron chi connectivity index (χ0n) is 14.7. The Labute approximate surface area is 153 Å². The molecule has 5 nitrogen and oxygen atoms in total. The van der Waals surface area contributed by atoms with Gasteiger partial charge in [-0.25, -0.2) is 4.79 Å². The number of hydrogen-bond donors (Lipinski definition) is 1. The van der Waals surface area contributed by atoms with E-state index in [0.717, 1.165) is 16.7 Å². The van der Waals surface area contributed by atoms with Crippen LogP contribution in [0.2, 0.25) is 0 Å². The molecule has 0 bridgehead atoms. The molecule has 0 aliphatic heterocycles. The molecule has 0 atom stereocenters. The van der Waals surface area contributed by atoms with Gasteiger partial charge in [0, 0.05) is 5.56 Å². The van der Waals surface area contributed by atoms with Crippen LogP contribution in [0.5, 0.6) is 0 Å². The summed E-state index contributed by atoms with van der Waals surface area (Å²) in [5, 5.41) is 2.58. The SMILES string of the molecule is CCOC(=O)Cc1ccc(C#CCNC(=O)OCc2ccccc2)cc1. The maximum atomic E-state index is 11.6. The van der Waals surface area contributed by atoms with E-state index in [1.807, 2.05) is 54.6 Å². The Balaban J connectivity index is 1.72. The van der Waals surface area contributed by atoms with Crippen LogP contribution in [0.4, 0.5) is 4.79 Å². The lowest BCUT2D eigenvalue weighted by atomic mass is 10.1. The Morgan fingerprint density at radius 1 is 0.962 bits per heavy atom. The molecule has 1 N–H and O–H groups in total. The predicted molar refractivity (Wildman–Crippen MR) is 98.3 cm³/mol. The number of carbonyl (C=O) groups excluding carboxylic acids is 2. The number of hydrogen-bond acceptors (Lipinski definition) is 4. The van der Waals surface area contributed by atoms with Gasteiger partial charge in [0.15, 0.2) is 0 Å². The summed E-state index contributed by atoms with van der Waals surface area (Å²) in [4.78, 5) is 23.0. The van der Waals surface area contributed by atoms with Crippen LogP contribution < -0.4 is 5.32 Å². The molecule has 0 heterocycles. The first kappa shape index (κ1) is 19.1. The van der Waals surface area contributed by atoms with Gasteiger partial charge in [0.2, 0.25) is 0 Å². The molecule has 0 saturated heterocycles. The lowest BCUT2D eigenvalue weighted by Gasteiger charge is -2.04. The molecular formula is C21H21NO4. The summed E-state index contributed by atoms with van der Waals surface area (Å²) in [7, 11) is 0. The summed E-state index contributed by atoms with van der Waals surface area (Å²) in [5.74, 6) is 5.55. The summed E-state index contributed by atoms with van der Waals surface area (Å²) >= 11 is 0. The molecule has 0 unspecified atom stereocenters. The first-order chi connectivity index (χ1) is 12.7. The van der Waals surface area contributed by atoms with Crippen LogP contribution in [0.25, 0.3) is 0 Å². The number of carbonyl (C=O) groups is 2. The number of esters is 1. The first-order valence-corrected chi connectivity index (χ1v) is 8.35. The molecule has 0 aliphatic carbocycles. The van der Waals surface area contributed by atoms with Gasteiger partial charge in [-0.05, 0) is 30.2 Å². The lowest BCUT2D eigenvalue weighted by molar-refractivity contribution is -0.142. The van der Waals surface area contributed by atoms with Gasteiger partial charge >= 0.3 is 12.1 Å². The zero-order chi connectivity index (χ0) is 18.6. The normalized spacial score (nSPS) is 9.58. The van der Waals surface area contributed by atoms with Crippen molar-refractivity contribution in [3.8, 4) is 11.8 Å². The molecule has 26 heavy (non-hydrogen) atoms. The number of ether oxygens (including phenoxy) is 2. The van der Waals surface area contributed by atoms with E-state index in [4.69, 9.17) is 9.47 Å². The van der Waals surface area contributed by atoms with Crippen LogP contribution in [0.3, 0.4) is 0 Å². The van der Waals surface area contributed by atoms with Crippen molar-refractivity contribution in [2.75, 3.05) is 13.2 Å². The van der Waals surface area contributed by atoms with Gasteiger partial charge in [0.05, 0.1) is 19.6 Å². The predicted octanol–water partition coefficient (Wildman–Crippen LogP) is 3.07. The van der Waals surface area contributed by atoms with E-state index in [1.54, 1.807) is 6.92 Å². The Morgan fingerprint density at radius 2 is 1.69 bits per heavy atom. The van der Waals surface area contributed by atoms with Crippen LogP contribution in [0, 0.1) is 11.8 Å². The molecule has 2 aromatic rings. The summed E-state index contributed by atoms with van der Waals surface area (Å²) in [6.07, 6.45) is -0.260. The minimum atomic E-state index is -0.507. The monoisotopic (exact) mass is 351 g/mol. The number of benzene rings is 2. The van der Waals surface area contributed by atoms with E-state index in [0.29, 0.717) is 6.61 Å². The molecule has 1 amide bonds. The van der Waals surface area contributed by atoms with Crippen molar-refractivity contribution in [3.63, 3.8) is 0 Å². The largest absolute Gasteiger partial charge is 0.466 e. The second-order valence-electron chi connectivity index (χ2n) is 5.40. The summed E-state index contributed by atoms with van der Waals surface area (Å²) in [5.41, 5.74) is 2.60. The Kier molecular flexibility index (Phi) is 7.75. The molecule has 5 heteroatoms. The van der Waals surface area contributed by atoms with Crippen LogP contribution in [-0.2, 0) is 27.3 Å². The molecule has 0 aromatic heterocycles. The lowest BCUT2D eigenvalue weighted by Crippen LogP contribution is -2.24. The zero-order valence-corrected chi connectivity index (χ0v) is 14.7. The Morgan fingerprint density at radius 3 is 2.38 bits per heavy atom. The minimum Gasteiger partial charge on any atom is -0.466 e. The standard InChI is InChI=1S/C21H21NO4/c1-2-25-20(23)15-18-12-10-17(11-13-18)9-6-14-22-21(24)26-16-19-7-4-3-5-8-19/h3-5,7-8,10-13H,2,14-16H2,1H3,(H,22,24). The molecule has 0 fully saturated rings. The van der Waals surface area contributed by atoms with Crippen molar-refractivity contribution in [1.29, 1.82) is 0 Å². The highest BCUT2D eigenvalue weighted by Gasteiger charge is 2.03. The maximum absolute atomic E-state index is 11.6. The Bertz CT molecular complexity index is 773. The molecule has 0 aliphatic rings. The number of amides is 1.